The van der Waals surface area contributed by atoms with Gasteiger partial charge in [-0.3, -0.25) is 0 Å². The number of ether oxygens (including phenoxy) is 1. The fourth-order valence-electron chi connectivity index (χ4n) is 0.830. The van der Waals surface area contributed by atoms with Crippen LogP contribution in [-0.2, 0) is 4.74 Å². The molecule has 3 heteroatoms. The van der Waals surface area contributed by atoms with Crippen molar-refractivity contribution in [2.24, 2.45) is 5.73 Å². The summed E-state index contributed by atoms with van der Waals surface area (Å²) >= 11 is 0. The summed E-state index contributed by atoms with van der Waals surface area (Å²) in [7, 11) is 0. The Hall–Kier alpha value is 0.210. The highest BCUT2D eigenvalue weighted by atomic mass is 35.5. The lowest BCUT2D eigenvalue weighted by molar-refractivity contribution is 0.117. The van der Waals surface area contributed by atoms with E-state index in [9.17, 15) is 0 Å². The average molecular weight is 138 g/mol. The Labute approximate surface area is 55.8 Å². The minimum absolute atomic E-state index is 0. The lowest BCUT2D eigenvalue weighted by Crippen LogP contribution is -2.17. The van der Waals surface area contributed by atoms with Crippen molar-refractivity contribution in [2.75, 3.05) is 13.2 Å². The third kappa shape index (κ3) is 1.99. The second-order valence-corrected chi connectivity index (χ2v) is 1.87. The number of hydrogen-bond acceptors (Lipinski definition) is 2. The molecule has 0 radical (unpaired) electrons. The van der Waals surface area contributed by atoms with Gasteiger partial charge in [0.1, 0.15) is 0 Å². The zero-order valence-electron chi connectivity index (χ0n) is 4.80. The molecule has 0 saturated carbocycles. The molecule has 1 heterocycles. The predicted molar refractivity (Wildman–Crippen MR) is 35.3 cm³/mol. The van der Waals surface area contributed by atoms with E-state index in [1.807, 2.05) is 0 Å². The van der Waals surface area contributed by atoms with Gasteiger partial charge in [0, 0.05) is 13.2 Å². The Bertz CT molecular complexity index is 54.4. The predicted octanol–water partition coefficient (Wildman–Crippen LogP) is 0.546. The summed E-state index contributed by atoms with van der Waals surface area (Å²) < 4.78 is 5.18. The van der Waals surface area contributed by atoms with Gasteiger partial charge < -0.3 is 10.5 Å². The molecule has 2 N–H and O–H groups in total. The number of hydrogen-bond donors (Lipinski definition) is 1. The quantitative estimate of drug-likeness (QED) is 0.573. The smallest absolute Gasteiger partial charge is 0.0698 e. The Balaban J connectivity index is 0.000000490. The van der Waals surface area contributed by atoms with Crippen LogP contribution in [0.4, 0.5) is 0 Å². The van der Waals surface area contributed by atoms with E-state index in [0.717, 1.165) is 13.0 Å². The van der Waals surface area contributed by atoms with Gasteiger partial charge in [-0.2, -0.15) is 0 Å². The van der Waals surface area contributed by atoms with Crippen molar-refractivity contribution in [3.05, 3.63) is 0 Å². The molecule has 0 spiro atoms. The molecule has 1 fully saturated rings. The first-order valence-electron chi connectivity index (χ1n) is 2.75. The summed E-state index contributed by atoms with van der Waals surface area (Å²) in [5, 5.41) is 0. The van der Waals surface area contributed by atoms with Gasteiger partial charge in [0.05, 0.1) is 6.10 Å². The highest BCUT2D eigenvalue weighted by molar-refractivity contribution is 5.85. The van der Waals surface area contributed by atoms with E-state index >= 15 is 0 Å². The fourth-order valence-corrected chi connectivity index (χ4v) is 0.830. The summed E-state index contributed by atoms with van der Waals surface area (Å²) in [5.74, 6) is 0. The highest BCUT2D eigenvalue weighted by Crippen LogP contribution is 2.09. The van der Waals surface area contributed by atoms with E-state index in [1.54, 1.807) is 0 Å². The molecule has 1 atom stereocenters. The first kappa shape index (κ1) is 8.21. The SMILES string of the molecule is Cl.NC[C@H]1CCCO1. The Morgan fingerprint density at radius 3 is 2.62 bits per heavy atom. The molecule has 0 aromatic carbocycles. The van der Waals surface area contributed by atoms with Crippen molar-refractivity contribution in [2.45, 2.75) is 18.9 Å². The van der Waals surface area contributed by atoms with Crippen molar-refractivity contribution in [1.82, 2.24) is 0 Å². The molecule has 8 heavy (non-hydrogen) atoms. The van der Waals surface area contributed by atoms with Crippen molar-refractivity contribution in [3.63, 3.8) is 0 Å². The monoisotopic (exact) mass is 137 g/mol. The van der Waals surface area contributed by atoms with Crippen molar-refractivity contribution in [1.29, 1.82) is 0 Å². The van der Waals surface area contributed by atoms with Crippen LogP contribution in [0.3, 0.4) is 0 Å². The molecular formula is C5H12ClNO. The van der Waals surface area contributed by atoms with Gasteiger partial charge in [-0.1, -0.05) is 0 Å². The molecule has 1 aliphatic heterocycles. The van der Waals surface area contributed by atoms with Crippen LogP contribution in [0.2, 0.25) is 0 Å². The minimum atomic E-state index is 0. The van der Waals surface area contributed by atoms with Gasteiger partial charge in [-0.05, 0) is 12.8 Å². The zero-order valence-corrected chi connectivity index (χ0v) is 5.62. The van der Waals surface area contributed by atoms with Crippen LogP contribution in [0, 0.1) is 0 Å². The molecule has 0 unspecified atom stereocenters. The number of nitrogens with two attached hydrogens (primary N) is 1. The summed E-state index contributed by atoms with van der Waals surface area (Å²) in [6, 6.07) is 0. The molecule has 2 nitrogen and oxygen atoms in total. The molecule has 1 saturated heterocycles. The van der Waals surface area contributed by atoms with E-state index in [0.29, 0.717) is 12.6 Å². The Morgan fingerprint density at radius 1 is 1.62 bits per heavy atom. The number of halogens is 1. The largest absolute Gasteiger partial charge is 0.377 e. The van der Waals surface area contributed by atoms with Gasteiger partial charge in [0.2, 0.25) is 0 Å². The summed E-state index contributed by atoms with van der Waals surface area (Å²) in [4.78, 5) is 0. The number of rotatable bonds is 1. The standard InChI is InChI=1S/C5H11NO.ClH/c6-4-5-2-1-3-7-5;/h5H,1-4,6H2;1H/t5-;/m1./s1. The summed E-state index contributed by atoms with van der Waals surface area (Å²) in [6.45, 7) is 1.61. The summed E-state index contributed by atoms with van der Waals surface area (Å²) in [6.07, 6.45) is 2.73. The molecular weight excluding hydrogens is 126 g/mol. The van der Waals surface area contributed by atoms with Crippen LogP contribution < -0.4 is 5.73 Å². The van der Waals surface area contributed by atoms with Crippen LogP contribution >= 0.6 is 12.4 Å². The van der Waals surface area contributed by atoms with Gasteiger partial charge in [-0.25, -0.2) is 0 Å². The van der Waals surface area contributed by atoms with Gasteiger partial charge in [-0.15, -0.1) is 12.4 Å². The van der Waals surface area contributed by atoms with E-state index in [-0.39, 0.29) is 12.4 Å². The Kier molecular flexibility index (Phi) is 4.23. The summed E-state index contributed by atoms with van der Waals surface area (Å²) in [5.41, 5.74) is 5.31. The topological polar surface area (TPSA) is 35.2 Å². The molecule has 0 aromatic rings. The molecule has 0 aromatic heterocycles. The Morgan fingerprint density at radius 2 is 2.38 bits per heavy atom. The van der Waals surface area contributed by atoms with Gasteiger partial charge in [0.15, 0.2) is 0 Å². The van der Waals surface area contributed by atoms with Crippen molar-refractivity contribution in [3.8, 4) is 0 Å². The minimum Gasteiger partial charge on any atom is -0.377 e. The van der Waals surface area contributed by atoms with Crippen molar-refractivity contribution < 1.29 is 4.74 Å². The van der Waals surface area contributed by atoms with Crippen LogP contribution in [0.25, 0.3) is 0 Å². The van der Waals surface area contributed by atoms with E-state index in [2.05, 4.69) is 0 Å². The maximum atomic E-state index is 5.31. The van der Waals surface area contributed by atoms with E-state index in [1.165, 1.54) is 6.42 Å². The second kappa shape index (κ2) is 4.13. The maximum absolute atomic E-state index is 5.31. The molecule has 1 aliphatic rings. The zero-order chi connectivity index (χ0) is 5.11. The average Bonchev–Trinajstić information content (AvgIpc) is 2.14. The lowest BCUT2D eigenvalue weighted by atomic mass is 10.2. The molecule has 0 bridgehead atoms. The van der Waals surface area contributed by atoms with Crippen LogP contribution in [-0.4, -0.2) is 19.3 Å². The molecule has 1 rings (SSSR count). The normalized spacial score (nSPS) is 27.4. The van der Waals surface area contributed by atoms with Crippen molar-refractivity contribution >= 4 is 12.4 Å². The molecule has 0 aliphatic carbocycles. The fraction of sp³-hybridized carbons (Fsp3) is 1.00. The van der Waals surface area contributed by atoms with Gasteiger partial charge in [0.25, 0.3) is 0 Å². The maximum Gasteiger partial charge on any atom is 0.0698 e. The second-order valence-electron chi connectivity index (χ2n) is 1.87. The lowest BCUT2D eigenvalue weighted by Gasteiger charge is -2.01. The third-order valence-electron chi connectivity index (χ3n) is 1.29. The van der Waals surface area contributed by atoms with Crippen LogP contribution in [0.15, 0.2) is 0 Å². The molecule has 0 amide bonds. The van der Waals surface area contributed by atoms with Crippen LogP contribution in [0.1, 0.15) is 12.8 Å². The first-order valence-corrected chi connectivity index (χ1v) is 2.75. The van der Waals surface area contributed by atoms with E-state index in [4.69, 9.17) is 10.5 Å². The van der Waals surface area contributed by atoms with Crippen LogP contribution in [0.5, 0.6) is 0 Å². The van der Waals surface area contributed by atoms with Gasteiger partial charge >= 0.3 is 0 Å². The third-order valence-corrected chi connectivity index (χ3v) is 1.29. The first-order chi connectivity index (χ1) is 3.43. The van der Waals surface area contributed by atoms with E-state index < -0.39 is 0 Å². The molecule has 50 valence electrons. The highest BCUT2D eigenvalue weighted by Gasteiger charge is 2.11.